The minimum atomic E-state index is -0.271. The van der Waals surface area contributed by atoms with E-state index in [4.69, 9.17) is 10.4 Å². The van der Waals surface area contributed by atoms with Crippen LogP contribution >= 0.6 is 0 Å². The Morgan fingerprint density at radius 2 is 2.14 bits per heavy atom. The maximum absolute atomic E-state index is 9.15. The summed E-state index contributed by atoms with van der Waals surface area (Å²) in [7, 11) is 0. The van der Waals surface area contributed by atoms with Crippen LogP contribution in [-0.4, -0.2) is 34.2 Å². The Morgan fingerprint density at radius 1 is 1.50 bits per heavy atom. The minimum Gasteiger partial charge on any atom is -0.390 e. The second-order valence-electron chi connectivity index (χ2n) is 3.42. The second kappa shape index (κ2) is 3.74. The number of aliphatic hydroxyl groups is 1. The molecule has 0 amide bonds. The van der Waals surface area contributed by atoms with E-state index in [1.54, 1.807) is 12.4 Å². The van der Waals surface area contributed by atoms with Gasteiger partial charge in [-0.15, -0.1) is 0 Å². The number of β-amino-alcohol motifs (C(OH)–C–C–N with tert-alkyl or cyclic N) is 1. The van der Waals surface area contributed by atoms with Crippen LogP contribution in [0.5, 0.6) is 0 Å². The van der Waals surface area contributed by atoms with E-state index in [1.807, 2.05) is 17.0 Å². The molecule has 1 aromatic rings. The van der Waals surface area contributed by atoms with Gasteiger partial charge in [0.1, 0.15) is 6.04 Å². The van der Waals surface area contributed by atoms with Crippen molar-refractivity contribution in [1.82, 2.24) is 9.88 Å². The van der Waals surface area contributed by atoms with E-state index in [0.29, 0.717) is 13.1 Å². The lowest BCUT2D eigenvalue weighted by Gasteiger charge is -2.38. The summed E-state index contributed by atoms with van der Waals surface area (Å²) < 4.78 is 0. The van der Waals surface area contributed by atoms with E-state index < -0.39 is 0 Å². The molecule has 1 aliphatic rings. The Bertz CT molecular complexity index is 340. The summed E-state index contributed by atoms with van der Waals surface area (Å²) in [5.74, 6) is 0. The van der Waals surface area contributed by atoms with Gasteiger partial charge in [0.2, 0.25) is 0 Å². The Kier molecular flexibility index (Phi) is 2.44. The average Bonchev–Trinajstić information content (AvgIpc) is 2.18. The van der Waals surface area contributed by atoms with Crippen LogP contribution in [0.1, 0.15) is 11.6 Å². The van der Waals surface area contributed by atoms with Crippen LogP contribution in [0.25, 0.3) is 0 Å². The zero-order chi connectivity index (χ0) is 9.97. The molecule has 14 heavy (non-hydrogen) atoms. The molecule has 72 valence electrons. The van der Waals surface area contributed by atoms with Gasteiger partial charge < -0.3 is 5.11 Å². The summed E-state index contributed by atoms with van der Waals surface area (Å²) in [6, 6.07) is 5.64. The number of hydrogen-bond donors (Lipinski definition) is 1. The molecule has 4 heteroatoms. The lowest BCUT2D eigenvalue weighted by Crippen LogP contribution is -2.51. The van der Waals surface area contributed by atoms with Crippen LogP contribution in [0.2, 0.25) is 0 Å². The van der Waals surface area contributed by atoms with E-state index in [2.05, 4.69) is 11.1 Å². The van der Waals surface area contributed by atoms with Crippen molar-refractivity contribution in [1.29, 1.82) is 5.26 Å². The number of pyridine rings is 1. The number of hydrogen-bond acceptors (Lipinski definition) is 4. The Hall–Kier alpha value is -1.44. The predicted molar refractivity (Wildman–Crippen MR) is 50.2 cm³/mol. The molecule has 1 aliphatic heterocycles. The molecule has 4 nitrogen and oxygen atoms in total. The van der Waals surface area contributed by atoms with E-state index in [1.165, 1.54) is 0 Å². The molecule has 0 bridgehead atoms. The molecular formula is C10H11N3O. The topological polar surface area (TPSA) is 60.2 Å². The summed E-state index contributed by atoms with van der Waals surface area (Å²) >= 11 is 0. The fourth-order valence-corrected chi connectivity index (χ4v) is 1.61. The van der Waals surface area contributed by atoms with Crippen LogP contribution in [-0.2, 0) is 0 Å². The van der Waals surface area contributed by atoms with Gasteiger partial charge in [0.15, 0.2) is 0 Å². The fraction of sp³-hybridized carbons (Fsp3) is 0.400. The van der Waals surface area contributed by atoms with Crippen molar-refractivity contribution in [2.45, 2.75) is 12.1 Å². The van der Waals surface area contributed by atoms with Gasteiger partial charge in [-0.3, -0.25) is 9.88 Å². The monoisotopic (exact) mass is 189 g/mol. The lowest BCUT2D eigenvalue weighted by molar-refractivity contribution is -0.0127. The molecule has 0 spiro atoms. The van der Waals surface area contributed by atoms with Crippen molar-refractivity contribution in [2.24, 2.45) is 0 Å². The van der Waals surface area contributed by atoms with E-state index >= 15 is 0 Å². The molecule has 0 radical (unpaired) electrons. The van der Waals surface area contributed by atoms with Crippen LogP contribution in [0, 0.1) is 11.3 Å². The second-order valence-corrected chi connectivity index (χ2v) is 3.42. The van der Waals surface area contributed by atoms with Gasteiger partial charge in [0.25, 0.3) is 0 Å². The maximum Gasteiger partial charge on any atom is 0.124 e. The third-order valence-electron chi connectivity index (χ3n) is 2.40. The molecule has 1 N–H and O–H groups in total. The zero-order valence-electron chi connectivity index (χ0n) is 7.67. The maximum atomic E-state index is 9.15. The molecule has 2 heterocycles. The highest BCUT2D eigenvalue weighted by Gasteiger charge is 2.31. The van der Waals surface area contributed by atoms with Gasteiger partial charge in [-0.05, 0) is 17.7 Å². The fourth-order valence-electron chi connectivity index (χ4n) is 1.61. The molecule has 1 atom stereocenters. The normalized spacial score (nSPS) is 19.7. The molecule has 0 unspecified atom stereocenters. The van der Waals surface area contributed by atoms with Crippen LogP contribution in [0.3, 0.4) is 0 Å². The largest absolute Gasteiger partial charge is 0.390 e. The Morgan fingerprint density at radius 3 is 2.64 bits per heavy atom. The van der Waals surface area contributed by atoms with Crippen molar-refractivity contribution < 1.29 is 5.11 Å². The summed E-state index contributed by atoms with van der Waals surface area (Å²) in [6.45, 7) is 1.17. The Labute approximate surface area is 82.4 Å². The van der Waals surface area contributed by atoms with Gasteiger partial charge >= 0.3 is 0 Å². The van der Waals surface area contributed by atoms with Gasteiger partial charge in [0.05, 0.1) is 12.2 Å². The molecule has 1 aromatic heterocycles. The summed E-state index contributed by atoms with van der Waals surface area (Å²) in [5.41, 5.74) is 0.939. The molecule has 1 saturated heterocycles. The van der Waals surface area contributed by atoms with E-state index in [0.717, 1.165) is 5.56 Å². The van der Waals surface area contributed by atoms with Crippen molar-refractivity contribution >= 4 is 0 Å². The highest BCUT2D eigenvalue weighted by Crippen LogP contribution is 2.24. The number of aromatic nitrogens is 1. The van der Waals surface area contributed by atoms with Crippen LogP contribution in [0.15, 0.2) is 24.5 Å². The summed E-state index contributed by atoms with van der Waals surface area (Å²) in [6.07, 6.45) is 3.08. The highest BCUT2D eigenvalue weighted by molar-refractivity contribution is 5.22. The van der Waals surface area contributed by atoms with Crippen LogP contribution in [0.4, 0.5) is 0 Å². The predicted octanol–water partition coefficient (Wildman–Crippen LogP) is 0.323. The third kappa shape index (κ3) is 1.60. The molecule has 1 fully saturated rings. The SMILES string of the molecule is N#C[C@H](c1ccncc1)N1CC(O)C1. The van der Waals surface area contributed by atoms with Gasteiger partial charge in [-0.1, -0.05) is 0 Å². The first-order chi connectivity index (χ1) is 6.81. The number of rotatable bonds is 2. The molecule has 2 rings (SSSR count). The van der Waals surface area contributed by atoms with Crippen molar-refractivity contribution in [3.63, 3.8) is 0 Å². The first kappa shape index (κ1) is 9.13. The van der Waals surface area contributed by atoms with Gasteiger partial charge in [-0.25, -0.2) is 0 Å². The first-order valence-corrected chi connectivity index (χ1v) is 4.53. The van der Waals surface area contributed by atoms with Gasteiger partial charge in [0, 0.05) is 25.5 Å². The smallest absolute Gasteiger partial charge is 0.124 e. The van der Waals surface area contributed by atoms with Crippen molar-refractivity contribution in [2.75, 3.05) is 13.1 Å². The molecule has 0 saturated carbocycles. The van der Waals surface area contributed by atoms with Gasteiger partial charge in [-0.2, -0.15) is 5.26 Å². The quantitative estimate of drug-likeness (QED) is 0.728. The van der Waals surface area contributed by atoms with E-state index in [9.17, 15) is 0 Å². The van der Waals surface area contributed by atoms with E-state index in [-0.39, 0.29) is 12.1 Å². The lowest BCUT2D eigenvalue weighted by atomic mass is 10.0. The Balaban J connectivity index is 2.12. The molecular weight excluding hydrogens is 178 g/mol. The zero-order valence-corrected chi connectivity index (χ0v) is 7.67. The minimum absolute atomic E-state index is 0.249. The summed E-state index contributed by atoms with van der Waals surface area (Å²) in [5, 5.41) is 18.2. The molecule has 0 aromatic carbocycles. The van der Waals surface area contributed by atoms with Crippen molar-refractivity contribution in [3.05, 3.63) is 30.1 Å². The third-order valence-corrected chi connectivity index (χ3v) is 2.40. The molecule has 0 aliphatic carbocycles. The number of nitrogens with zero attached hydrogens (tertiary/aromatic N) is 3. The number of likely N-dealkylation sites (tertiary alicyclic amines) is 1. The number of aliphatic hydroxyl groups excluding tert-OH is 1. The highest BCUT2D eigenvalue weighted by atomic mass is 16.3. The number of nitriles is 1. The average molecular weight is 189 g/mol. The first-order valence-electron chi connectivity index (χ1n) is 4.53. The van der Waals surface area contributed by atoms with Crippen molar-refractivity contribution in [3.8, 4) is 6.07 Å². The van der Waals surface area contributed by atoms with Crippen LogP contribution < -0.4 is 0 Å². The summed E-state index contributed by atoms with van der Waals surface area (Å²) in [4.78, 5) is 5.85. The standard InChI is InChI=1S/C10H11N3O/c11-5-10(13-6-9(14)7-13)8-1-3-12-4-2-8/h1-4,9-10,14H,6-7H2/t10-/m1/s1.